The number of azo groups is 1. The molecule has 0 aliphatic carbocycles. The zero-order valence-corrected chi connectivity index (χ0v) is 22.4. The van der Waals surface area contributed by atoms with Crippen molar-refractivity contribution in [2.45, 2.75) is 18.7 Å². The van der Waals surface area contributed by atoms with E-state index in [1.807, 2.05) is 0 Å². The highest BCUT2D eigenvalue weighted by Gasteiger charge is 2.20. The van der Waals surface area contributed by atoms with Gasteiger partial charge in [0.1, 0.15) is 16.3 Å². The van der Waals surface area contributed by atoms with Crippen LogP contribution in [0.25, 0.3) is 10.8 Å². The van der Waals surface area contributed by atoms with E-state index in [0.717, 1.165) is 6.07 Å². The van der Waals surface area contributed by atoms with E-state index in [0.29, 0.717) is 39.4 Å². The number of fused-ring (bicyclic) bond motifs is 1. The fourth-order valence-electron chi connectivity index (χ4n) is 3.69. The summed E-state index contributed by atoms with van der Waals surface area (Å²) >= 11 is 12.1. The van der Waals surface area contributed by atoms with Crippen molar-refractivity contribution >= 4 is 67.1 Å². The van der Waals surface area contributed by atoms with E-state index in [-0.39, 0.29) is 22.0 Å². The summed E-state index contributed by atoms with van der Waals surface area (Å²) < 4.78 is 38.2. The van der Waals surface area contributed by atoms with Gasteiger partial charge in [0.25, 0.3) is 16.0 Å². The number of phenols is 1. The molecule has 12 heteroatoms. The molecular weight excluding hydrogens is 553 g/mol. The summed E-state index contributed by atoms with van der Waals surface area (Å²) in [6, 6.07) is 15.6. The van der Waals surface area contributed by atoms with E-state index >= 15 is 0 Å². The topological polar surface area (TPSA) is 138 Å². The maximum Gasteiger partial charge on any atom is 0.296 e. The highest BCUT2D eigenvalue weighted by Crippen LogP contribution is 2.40. The predicted molar refractivity (Wildman–Crippen MR) is 146 cm³/mol. The summed E-state index contributed by atoms with van der Waals surface area (Å²) in [6.45, 7) is 3.81. The van der Waals surface area contributed by atoms with Gasteiger partial charge >= 0.3 is 0 Å². The van der Waals surface area contributed by atoms with E-state index in [1.165, 1.54) is 12.1 Å². The van der Waals surface area contributed by atoms with Crippen molar-refractivity contribution in [3.63, 3.8) is 0 Å². The Bertz CT molecular complexity index is 1710. The number of carbonyl (C=O) groups excluding carboxylic acids is 1. The molecule has 4 aromatic carbocycles. The third-order valence-electron chi connectivity index (χ3n) is 5.51. The van der Waals surface area contributed by atoms with Gasteiger partial charge in [-0.15, -0.1) is 5.11 Å². The molecule has 0 saturated heterocycles. The van der Waals surface area contributed by atoms with Crippen LogP contribution in [0.1, 0.15) is 22.8 Å². The second kappa shape index (κ2) is 11.0. The summed E-state index contributed by atoms with van der Waals surface area (Å²) in [7, 11) is -4.61. The van der Waals surface area contributed by atoms with Gasteiger partial charge in [-0.1, -0.05) is 47.5 Å². The van der Waals surface area contributed by atoms with Crippen molar-refractivity contribution in [3.05, 3.63) is 81.8 Å². The molecule has 0 bridgehead atoms. The van der Waals surface area contributed by atoms with Crippen LogP contribution < -0.4 is 10.1 Å². The van der Waals surface area contributed by atoms with E-state index in [2.05, 4.69) is 15.5 Å². The lowest BCUT2D eigenvalue weighted by Gasteiger charge is -2.13. The van der Waals surface area contributed by atoms with Crippen molar-refractivity contribution in [2.24, 2.45) is 10.2 Å². The largest absolute Gasteiger partial charge is 0.505 e. The number of hydrogen-bond donors (Lipinski definition) is 3. The zero-order valence-electron chi connectivity index (χ0n) is 20.1. The number of nitrogens with one attached hydrogen (secondary N) is 1. The van der Waals surface area contributed by atoms with Crippen LogP contribution in [0.5, 0.6) is 11.5 Å². The Balaban J connectivity index is 1.78. The van der Waals surface area contributed by atoms with Crippen LogP contribution >= 0.6 is 23.2 Å². The number of anilines is 1. The number of hydrogen-bond acceptors (Lipinski definition) is 7. The summed E-state index contributed by atoms with van der Waals surface area (Å²) in [5.41, 5.74) is 0.869. The molecule has 3 N–H and O–H groups in total. The third-order valence-corrected chi connectivity index (χ3v) is 7.15. The Hall–Kier alpha value is -3.70. The van der Waals surface area contributed by atoms with Crippen molar-refractivity contribution in [1.82, 2.24) is 0 Å². The molecule has 0 aliphatic heterocycles. The van der Waals surface area contributed by atoms with Crippen LogP contribution in [0.2, 0.25) is 10.0 Å². The highest BCUT2D eigenvalue weighted by molar-refractivity contribution is 7.86. The first-order valence-electron chi connectivity index (χ1n) is 11.2. The molecule has 0 aromatic heterocycles. The molecule has 0 atom stereocenters. The number of amides is 1. The molecule has 4 aromatic rings. The number of halogens is 2. The molecule has 38 heavy (non-hydrogen) atoms. The van der Waals surface area contributed by atoms with Gasteiger partial charge in [-0.25, -0.2) is 0 Å². The lowest BCUT2D eigenvalue weighted by atomic mass is 10.0. The van der Waals surface area contributed by atoms with E-state index in [4.69, 9.17) is 27.9 Å². The van der Waals surface area contributed by atoms with Gasteiger partial charge in [0, 0.05) is 17.1 Å². The molecule has 0 heterocycles. The number of nitrogens with zero attached hydrogens (tertiary/aromatic N) is 2. The van der Waals surface area contributed by atoms with Crippen LogP contribution in [0.15, 0.2) is 75.8 Å². The second-order valence-electron chi connectivity index (χ2n) is 8.12. The van der Waals surface area contributed by atoms with E-state index in [9.17, 15) is 22.9 Å². The first-order chi connectivity index (χ1) is 18.0. The molecule has 9 nitrogen and oxygen atoms in total. The summed E-state index contributed by atoms with van der Waals surface area (Å²) in [4.78, 5) is 12.6. The number of aromatic hydroxyl groups is 1. The molecule has 196 valence electrons. The molecule has 0 fully saturated rings. The highest BCUT2D eigenvalue weighted by atomic mass is 35.5. The Morgan fingerprint density at radius 2 is 1.76 bits per heavy atom. The smallest absolute Gasteiger partial charge is 0.296 e. The molecular formula is C26H21Cl2N3O6S. The Morgan fingerprint density at radius 1 is 1.03 bits per heavy atom. The standard InChI is InChI=1S/C26H21Cl2N3O6S/c1-3-37-22-12-16(8-9-19(22)27)29-26(33)18-11-15-6-4-5-7-17(15)24(25(18)32)31-30-21-13-23(38(34,35)36)20(28)10-14(21)2/h4-13,32H,3H2,1-2H3,(H,29,33)(H,34,35,36). The number of carbonyl (C=O) groups is 1. The summed E-state index contributed by atoms with van der Waals surface area (Å²) in [5, 5.41) is 23.3. The normalized spacial score (nSPS) is 11.7. The van der Waals surface area contributed by atoms with Crippen LogP contribution in [0.3, 0.4) is 0 Å². The average Bonchev–Trinajstić information content (AvgIpc) is 2.85. The SMILES string of the molecule is CCOc1cc(NC(=O)c2cc3ccccc3c(N=Nc3cc(S(=O)(=O)O)c(Cl)cc3C)c2O)ccc1Cl. The van der Waals surface area contributed by atoms with Gasteiger partial charge in [-0.3, -0.25) is 9.35 Å². The Kier molecular flexibility index (Phi) is 7.89. The molecule has 4 rings (SSSR count). The monoisotopic (exact) mass is 573 g/mol. The number of ether oxygens (including phenoxy) is 1. The zero-order chi connectivity index (χ0) is 27.6. The van der Waals surface area contributed by atoms with Crippen molar-refractivity contribution in [1.29, 1.82) is 0 Å². The second-order valence-corrected chi connectivity index (χ2v) is 10.3. The summed E-state index contributed by atoms with van der Waals surface area (Å²) in [6.07, 6.45) is 0. The molecule has 0 unspecified atom stereocenters. The van der Waals surface area contributed by atoms with Crippen LogP contribution in [-0.4, -0.2) is 30.6 Å². The van der Waals surface area contributed by atoms with E-state index < -0.39 is 26.7 Å². The van der Waals surface area contributed by atoms with Gasteiger partial charge < -0.3 is 15.2 Å². The number of benzene rings is 4. The maximum absolute atomic E-state index is 13.2. The fraction of sp³-hybridized carbons (Fsp3) is 0.115. The van der Waals surface area contributed by atoms with Crippen molar-refractivity contribution < 1.29 is 27.6 Å². The lowest BCUT2D eigenvalue weighted by Crippen LogP contribution is -2.12. The molecule has 0 radical (unpaired) electrons. The molecule has 0 saturated carbocycles. The minimum Gasteiger partial charge on any atom is -0.505 e. The Morgan fingerprint density at radius 3 is 2.47 bits per heavy atom. The van der Waals surface area contributed by atoms with Crippen molar-refractivity contribution in [3.8, 4) is 11.5 Å². The van der Waals surface area contributed by atoms with Gasteiger partial charge in [0.2, 0.25) is 0 Å². The minimum absolute atomic E-state index is 0.0119. The Labute approximate surface area is 228 Å². The average molecular weight is 574 g/mol. The van der Waals surface area contributed by atoms with Gasteiger partial charge in [0.05, 0.1) is 27.9 Å². The first-order valence-corrected chi connectivity index (χ1v) is 13.4. The molecule has 1 amide bonds. The van der Waals surface area contributed by atoms with Crippen molar-refractivity contribution in [2.75, 3.05) is 11.9 Å². The summed E-state index contributed by atoms with van der Waals surface area (Å²) in [5.74, 6) is -0.664. The number of rotatable bonds is 7. The number of phenolic OH excluding ortho intramolecular Hbond substituents is 1. The third kappa shape index (κ3) is 5.73. The predicted octanol–water partition coefficient (Wildman–Crippen LogP) is 7.47. The first kappa shape index (κ1) is 27.3. The van der Waals surface area contributed by atoms with Gasteiger partial charge in [-0.2, -0.15) is 13.5 Å². The molecule has 0 spiro atoms. The maximum atomic E-state index is 13.2. The van der Waals surface area contributed by atoms with Crippen LogP contribution in [0, 0.1) is 6.92 Å². The van der Waals surface area contributed by atoms with E-state index in [1.54, 1.807) is 56.3 Å². The van der Waals surface area contributed by atoms with Gasteiger partial charge in [-0.05, 0) is 55.1 Å². The fourth-order valence-corrected chi connectivity index (χ4v) is 4.94. The molecule has 0 aliphatic rings. The van der Waals surface area contributed by atoms with Gasteiger partial charge in [0.15, 0.2) is 5.75 Å². The number of aryl methyl sites for hydroxylation is 1. The minimum atomic E-state index is -4.61. The lowest BCUT2D eigenvalue weighted by molar-refractivity contribution is 0.102. The van der Waals surface area contributed by atoms with Crippen LogP contribution in [-0.2, 0) is 10.1 Å². The van der Waals surface area contributed by atoms with Crippen LogP contribution in [0.4, 0.5) is 17.1 Å². The quantitative estimate of drug-likeness (QED) is 0.155.